The van der Waals surface area contributed by atoms with E-state index in [-0.39, 0.29) is 5.92 Å². The zero-order chi connectivity index (χ0) is 13.7. The molecular formula is C14H21N5. The van der Waals surface area contributed by atoms with Crippen LogP contribution in [-0.2, 0) is 0 Å². The third-order valence-corrected chi connectivity index (χ3v) is 3.27. The van der Waals surface area contributed by atoms with Crippen LogP contribution in [0.3, 0.4) is 0 Å². The second kappa shape index (κ2) is 6.37. The number of nitriles is 1. The molecule has 1 aliphatic heterocycles. The van der Waals surface area contributed by atoms with Gasteiger partial charge in [0.2, 0.25) is 0 Å². The molecule has 0 aliphatic carbocycles. The van der Waals surface area contributed by atoms with E-state index in [4.69, 9.17) is 5.26 Å². The van der Waals surface area contributed by atoms with Crippen LogP contribution in [0.15, 0.2) is 12.4 Å². The minimum Gasteiger partial charge on any atom is -0.370 e. The maximum absolute atomic E-state index is 9.03. The van der Waals surface area contributed by atoms with Gasteiger partial charge in [0.15, 0.2) is 0 Å². The fourth-order valence-electron chi connectivity index (χ4n) is 2.22. The van der Waals surface area contributed by atoms with Crippen molar-refractivity contribution < 1.29 is 0 Å². The van der Waals surface area contributed by atoms with E-state index in [9.17, 15) is 0 Å². The van der Waals surface area contributed by atoms with E-state index in [1.165, 1.54) is 0 Å². The Labute approximate surface area is 114 Å². The summed E-state index contributed by atoms with van der Waals surface area (Å²) >= 11 is 0. The van der Waals surface area contributed by atoms with Gasteiger partial charge < -0.3 is 10.2 Å². The molecule has 1 aliphatic rings. The van der Waals surface area contributed by atoms with Crippen LogP contribution in [0, 0.1) is 23.2 Å². The normalized spacial score (nSPS) is 19.3. The summed E-state index contributed by atoms with van der Waals surface area (Å²) in [4.78, 5) is 10.7. The molecule has 102 valence electrons. The van der Waals surface area contributed by atoms with E-state index in [2.05, 4.69) is 40.1 Å². The number of rotatable bonds is 4. The van der Waals surface area contributed by atoms with Crippen molar-refractivity contribution in [3.05, 3.63) is 12.4 Å². The molecule has 5 heteroatoms. The van der Waals surface area contributed by atoms with Crippen molar-refractivity contribution in [2.24, 2.45) is 11.8 Å². The van der Waals surface area contributed by atoms with E-state index in [0.29, 0.717) is 5.92 Å². The average Bonchev–Trinajstić information content (AvgIpc) is 2.45. The van der Waals surface area contributed by atoms with Crippen LogP contribution in [-0.4, -0.2) is 29.6 Å². The van der Waals surface area contributed by atoms with Crippen molar-refractivity contribution in [3.8, 4) is 6.07 Å². The predicted octanol–water partition coefficient (Wildman–Crippen LogP) is 2.28. The fraction of sp³-hybridized carbons (Fsp3) is 0.643. The zero-order valence-electron chi connectivity index (χ0n) is 11.6. The Balaban J connectivity index is 2.03. The lowest BCUT2D eigenvalue weighted by molar-refractivity contribution is 0.490. The molecule has 1 saturated heterocycles. The number of piperidine rings is 1. The molecule has 19 heavy (non-hydrogen) atoms. The van der Waals surface area contributed by atoms with Gasteiger partial charge in [-0.2, -0.15) is 5.26 Å². The van der Waals surface area contributed by atoms with Gasteiger partial charge in [-0.1, -0.05) is 13.8 Å². The van der Waals surface area contributed by atoms with Gasteiger partial charge in [0.25, 0.3) is 0 Å². The maximum atomic E-state index is 9.03. The van der Waals surface area contributed by atoms with Crippen LogP contribution < -0.4 is 10.2 Å². The molecule has 1 N–H and O–H groups in total. The molecule has 2 heterocycles. The Bertz CT molecular complexity index is 451. The number of hydrogen-bond donors (Lipinski definition) is 1. The maximum Gasteiger partial charge on any atom is 0.134 e. The number of hydrogen-bond acceptors (Lipinski definition) is 5. The first-order valence-corrected chi connectivity index (χ1v) is 6.89. The molecular weight excluding hydrogens is 238 g/mol. The van der Waals surface area contributed by atoms with E-state index >= 15 is 0 Å². The van der Waals surface area contributed by atoms with Crippen molar-refractivity contribution in [2.75, 3.05) is 29.9 Å². The molecule has 0 radical (unpaired) electrons. The first-order chi connectivity index (χ1) is 9.19. The lowest BCUT2D eigenvalue weighted by Crippen LogP contribution is -2.35. The van der Waals surface area contributed by atoms with Gasteiger partial charge in [0.05, 0.1) is 12.0 Å². The van der Waals surface area contributed by atoms with E-state index < -0.39 is 0 Å². The van der Waals surface area contributed by atoms with Gasteiger partial charge in [-0.15, -0.1) is 0 Å². The Morgan fingerprint density at radius 1 is 1.53 bits per heavy atom. The Kier molecular flexibility index (Phi) is 4.56. The molecule has 1 unspecified atom stereocenters. The van der Waals surface area contributed by atoms with Crippen molar-refractivity contribution in [1.82, 2.24) is 9.97 Å². The third-order valence-electron chi connectivity index (χ3n) is 3.27. The summed E-state index contributed by atoms with van der Waals surface area (Å²) < 4.78 is 0. The molecule has 5 nitrogen and oxygen atoms in total. The van der Waals surface area contributed by atoms with Gasteiger partial charge in [-0.05, 0) is 18.8 Å². The average molecular weight is 259 g/mol. The van der Waals surface area contributed by atoms with Crippen molar-refractivity contribution in [1.29, 1.82) is 5.26 Å². The van der Waals surface area contributed by atoms with Gasteiger partial charge in [-0.3, -0.25) is 0 Å². The Hall–Kier alpha value is -1.83. The minimum absolute atomic E-state index is 0.121. The van der Waals surface area contributed by atoms with E-state index in [0.717, 1.165) is 44.1 Å². The fourth-order valence-corrected chi connectivity index (χ4v) is 2.22. The minimum atomic E-state index is 0.121. The first kappa shape index (κ1) is 13.6. The monoisotopic (exact) mass is 259 g/mol. The van der Waals surface area contributed by atoms with Crippen molar-refractivity contribution in [2.45, 2.75) is 26.7 Å². The Morgan fingerprint density at radius 3 is 3.11 bits per heavy atom. The summed E-state index contributed by atoms with van der Waals surface area (Å²) in [7, 11) is 0. The molecule has 1 fully saturated rings. The number of anilines is 2. The lowest BCUT2D eigenvalue weighted by atomic mass is 10.00. The smallest absolute Gasteiger partial charge is 0.134 e. The quantitative estimate of drug-likeness (QED) is 0.898. The summed E-state index contributed by atoms with van der Waals surface area (Å²) in [5.74, 6) is 2.48. The van der Waals surface area contributed by atoms with Crippen LogP contribution in [0.5, 0.6) is 0 Å². The number of nitrogens with zero attached hydrogens (tertiary/aromatic N) is 4. The van der Waals surface area contributed by atoms with E-state index in [1.54, 1.807) is 6.33 Å². The highest BCUT2D eigenvalue weighted by Crippen LogP contribution is 2.22. The first-order valence-electron chi connectivity index (χ1n) is 6.89. The zero-order valence-corrected chi connectivity index (χ0v) is 11.6. The molecule has 0 bridgehead atoms. The molecule has 1 atom stereocenters. The standard InChI is InChI=1S/C14H21N5/c1-11(2)8-16-13-6-14(18-10-17-13)19-5-3-4-12(7-15)9-19/h6,10-12H,3-5,8-9H2,1-2H3,(H,16,17,18). The third kappa shape index (κ3) is 3.82. The van der Waals surface area contributed by atoms with Gasteiger partial charge in [0.1, 0.15) is 18.0 Å². The second-order valence-corrected chi connectivity index (χ2v) is 5.45. The molecule has 0 aromatic carbocycles. The van der Waals surface area contributed by atoms with Crippen LogP contribution in [0.25, 0.3) is 0 Å². The number of aromatic nitrogens is 2. The highest BCUT2D eigenvalue weighted by atomic mass is 15.2. The lowest BCUT2D eigenvalue weighted by Gasteiger charge is -2.30. The predicted molar refractivity (Wildman–Crippen MR) is 75.9 cm³/mol. The van der Waals surface area contributed by atoms with Crippen LogP contribution >= 0.6 is 0 Å². The van der Waals surface area contributed by atoms with Gasteiger partial charge >= 0.3 is 0 Å². The summed E-state index contributed by atoms with van der Waals surface area (Å²) in [6.07, 6.45) is 3.64. The molecule has 0 amide bonds. The molecule has 1 aromatic heterocycles. The van der Waals surface area contributed by atoms with Crippen LogP contribution in [0.4, 0.5) is 11.6 Å². The largest absolute Gasteiger partial charge is 0.370 e. The van der Waals surface area contributed by atoms with Gasteiger partial charge in [0, 0.05) is 25.7 Å². The summed E-state index contributed by atoms with van der Waals surface area (Å²) in [6.45, 7) is 6.97. The van der Waals surface area contributed by atoms with Crippen molar-refractivity contribution >= 4 is 11.6 Å². The molecule has 1 aromatic rings. The Morgan fingerprint density at radius 2 is 2.37 bits per heavy atom. The SMILES string of the molecule is CC(C)CNc1cc(N2CCCC(C#N)C2)ncn1. The summed E-state index contributed by atoms with van der Waals surface area (Å²) in [6, 6.07) is 4.33. The van der Waals surface area contributed by atoms with Crippen molar-refractivity contribution in [3.63, 3.8) is 0 Å². The van der Waals surface area contributed by atoms with Crippen LogP contribution in [0.2, 0.25) is 0 Å². The summed E-state index contributed by atoms with van der Waals surface area (Å²) in [5.41, 5.74) is 0. The summed E-state index contributed by atoms with van der Waals surface area (Å²) in [5, 5.41) is 12.3. The second-order valence-electron chi connectivity index (χ2n) is 5.45. The number of nitrogens with one attached hydrogen (secondary N) is 1. The highest BCUT2D eigenvalue weighted by Gasteiger charge is 2.20. The molecule has 2 rings (SSSR count). The van der Waals surface area contributed by atoms with E-state index in [1.807, 2.05) is 6.07 Å². The van der Waals surface area contributed by atoms with Gasteiger partial charge in [-0.25, -0.2) is 9.97 Å². The van der Waals surface area contributed by atoms with Crippen LogP contribution in [0.1, 0.15) is 26.7 Å². The highest BCUT2D eigenvalue weighted by molar-refractivity contribution is 5.48. The topological polar surface area (TPSA) is 64.8 Å². The molecule has 0 saturated carbocycles. The molecule has 0 spiro atoms.